The van der Waals surface area contributed by atoms with E-state index in [1.54, 1.807) is 24.3 Å². The maximum atomic E-state index is 13.4. The number of hydrogen-bond acceptors (Lipinski definition) is 3. The standard InChI is InChI=1S/C21H17ClF3N3O2/c1-13-11-18(29)19(20(30)27(2)12-14-7-9-15(22)10-8-14)26-28(13)17-6-4-3-5-16(17)21(23,24)25/h3-11H,12H2,1-2H3. The highest BCUT2D eigenvalue weighted by atomic mass is 35.5. The van der Waals surface area contributed by atoms with E-state index in [0.29, 0.717) is 5.02 Å². The number of alkyl halides is 3. The summed E-state index contributed by atoms with van der Waals surface area (Å²) < 4.78 is 41.2. The first-order valence-electron chi connectivity index (χ1n) is 8.85. The molecule has 0 bridgehead atoms. The molecule has 0 saturated heterocycles. The number of para-hydroxylation sites is 1. The van der Waals surface area contributed by atoms with Gasteiger partial charge in [-0.25, -0.2) is 4.68 Å². The first-order chi connectivity index (χ1) is 14.1. The number of hydrogen-bond donors (Lipinski definition) is 0. The zero-order valence-corrected chi connectivity index (χ0v) is 16.8. The van der Waals surface area contributed by atoms with Crippen molar-refractivity contribution >= 4 is 17.5 Å². The number of aromatic nitrogens is 2. The average Bonchev–Trinajstić information content (AvgIpc) is 2.68. The third-order valence-corrected chi connectivity index (χ3v) is 4.68. The minimum Gasteiger partial charge on any atom is -0.336 e. The molecule has 0 aliphatic carbocycles. The highest BCUT2D eigenvalue weighted by Gasteiger charge is 2.34. The molecule has 1 heterocycles. The SMILES string of the molecule is Cc1cc(=O)c(C(=O)N(C)Cc2ccc(Cl)cc2)nn1-c1ccccc1C(F)(F)F. The number of rotatable bonds is 4. The van der Waals surface area contributed by atoms with Crippen LogP contribution in [0.1, 0.15) is 27.3 Å². The lowest BCUT2D eigenvalue weighted by atomic mass is 10.1. The van der Waals surface area contributed by atoms with Gasteiger partial charge >= 0.3 is 6.18 Å². The lowest BCUT2D eigenvalue weighted by molar-refractivity contribution is -0.137. The van der Waals surface area contributed by atoms with Gasteiger partial charge in [-0.1, -0.05) is 35.9 Å². The summed E-state index contributed by atoms with van der Waals surface area (Å²) in [7, 11) is 1.48. The van der Waals surface area contributed by atoms with Crippen LogP contribution in [0.15, 0.2) is 59.4 Å². The summed E-state index contributed by atoms with van der Waals surface area (Å²) >= 11 is 5.85. The van der Waals surface area contributed by atoms with Crippen molar-refractivity contribution in [1.82, 2.24) is 14.7 Å². The summed E-state index contributed by atoms with van der Waals surface area (Å²) in [5.41, 5.74) is -1.37. The van der Waals surface area contributed by atoms with Crippen molar-refractivity contribution in [2.24, 2.45) is 0 Å². The summed E-state index contributed by atoms with van der Waals surface area (Å²) in [6, 6.07) is 12.7. The monoisotopic (exact) mass is 435 g/mol. The molecule has 0 unspecified atom stereocenters. The second-order valence-corrected chi connectivity index (χ2v) is 7.15. The molecule has 0 aliphatic heterocycles. The predicted molar refractivity (Wildman–Crippen MR) is 107 cm³/mol. The van der Waals surface area contributed by atoms with E-state index in [2.05, 4.69) is 5.10 Å². The molecule has 0 aliphatic rings. The molecule has 156 valence electrons. The smallest absolute Gasteiger partial charge is 0.336 e. The van der Waals surface area contributed by atoms with Gasteiger partial charge in [-0.2, -0.15) is 18.3 Å². The van der Waals surface area contributed by atoms with Crippen LogP contribution in [0.3, 0.4) is 0 Å². The van der Waals surface area contributed by atoms with E-state index in [4.69, 9.17) is 11.6 Å². The van der Waals surface area contributed by atoms with E-state index in [9.17, 15) is 22.8 Å². The minimum atomic E-state index is -4.62. The van der Waals surface area contributed by atoms with Crippen molar-refractivity contribution in [3.8, 4) is 5.69 Å². The first-order valence-corrected chi connectivity index (χ1v) is 9.23. The molecule has 3 rings (SSSR count). The number of halogens is 4. The number of nitrogens with zero attached hydrogens (tertiary/aromatic N) is 3. The molecule has 0 N–H and O–H groups in total. The third-order valence-electron chi connectivity index (χ3n) is 4.43. The Morgan fingerprint density at radius 1 is 1.13 bits per heavy atom. The van der Waals surface area contributed by atoms with Crippen molar-refractivity contribution < 1.29 is 18.0 Å². The molecular weight excluding hydrogens is 419 g/mol. The Bertz CT molecular complexity index is 1140. The predicted octanol–water partition coefficient (Wildman–Crippen LogP) is 4.49. The van der Waals surface area contributed by atoms with Crippen molar-refractivity contribution in [2.75, 3.05) is 7.05 Å². The maximum absolute atomic E-state index is 13.4. The molecule has 2 aromatic carbocycles. The summed E-state index contributed by atoms with van der Waals surface area (Å²) in [6.45, 7) is 1.62. The molecule has 0 atom stereocenters. The van der Waals surface area contributed by atoms with Crippen LogP contribution >= 0.6 is 11.6 Å². The third kappa shape index (κ3) is 4.54. The average molecular weight is 436 g/mol. The fourth-order valence-corrected chi connectivity index (χ4v) is 3.08. The summed E-state index contributed by atoms with van der Waals surface area (Å²) in [4.78, 5) is 26.5. The normalized spacial score (nSPS) is 11.4. The van der Waals surface area contributed by atoms with Gasteiger partial charge in [0.2, 0.25) is 5.43 Å². The zero-order chi connectivity index (χ0) is 22.1. The van der Waals surface area contributed by atoms with E-state index in [1.165, 1.54) is 37.1 Å². The van der Waals surface area contributed by atoms with Crippen LogP contribution in [0.5, 0.6) is 0 Å². The second kappa shape index (κ2) is 8.31. The molecule has 0 spiro atoms. The zero-order valence-electron chi connectivity index (χ0n) is 16.1. The molecule has 0 fully saturated rings. The fraction of sp³-hybridized carbons (Fsp3) is 0.190. The van der Waals surface area contributed by atoms with Gasteiger partial charge in [-0.3, -0.25) is 9.59 Å². The summed E-state index contributed by atoms with van der Waals surface area (Å²) in [5.74, 6) is -0.701. The van der Waals surface area contributed by atoms with E-state index in [-0.39, 0.29) is 17.9 Å². The molecule has 3 aromatic rings. The molecule has 30 heavy (non-hydrogen) atoms. The van der Waals surface area contributed by atoms with Gasteiger partial charge in [0.1, 0.15) is 0 Å². The largest absolute Gasteiger partial charge is 0.418 e. The highest BCUT2D eigenvalue weighted by Crippen LogP contribution is 2.33. The Morgan fingerprint density at radius 2 is 1.77 bits per heavy atom. The Morgan fingerprint density at radius 3 is 2.40 bits per heavy atom. The van der Waals surface area contributed by atoms with Crippen LogP contribution in [0.4, 0.5) is 13.2 Å². The van der Waals surface area contributed by atoms with Gasteiger partial charge in [0, 0.05) is 30.4 Å². The van der Waals surface area contributed by atoms with Crippen LogP contribution < -0.4 is 5.43 Å². The highest BCUT2D eigenvalue weighted by molar-refractivity contribution is 6.30. The van der Waals surface area contributed by atoms with Crippen molar-refractivity contribution in [3.05, 3.63) is 92.4 Å². The van der Waals surface area contributed by atoms with Gasteiger partial charge in [0.15, 0.2) is 5.69 Å². The minimum absolute atomic E-state index is 0.171. The lowest BCUT2D eigenvalue weighted by Gasteiger charge is -2.19. The van der Waals surface area contributed by atoms with Crippen LogP contribution in [0, 0.1) is 6.92 Å². The Labute approximate surface area is 175 Å². The topological polar surface area (TPSA) is 55.2 Å². The van der Waals surface area contributed by atoms with Crippen LogP contribution in [0.25, 0.3) is 5.69 Å². The molecule has 5 nitrogen and oxygen atoms in total. The molecule has 1 amide bonds. The first kappa shape index (κ1) is 21.6. The molecule has 9 heteroatoms. The lowest BCUT2D eigenvalue weighted by Crippen LogP contribution is -2.33. The molecule has 0 saturated carbocycles. The number of benzene rings is 2. The fourth-order valence-electron chi connectivity index (χ4n) is 2.95. The van der Waals surface area contributed by atoms with E-state index >= 15 is 0 Å². The van der Waals surface area contributed by atoms with Gasteiger partial charge in [0.05, 0.1) is 11.3 Å². The molecular formula is C21H17ClF3N3O2. The Kier molecular flexibility index (Phi) is 5.98. The van der Waals surface area contributed by atoms with Gasteiger partial charge in [-0.05, 0) is 36.8 Å². The van der Waals surface area contributed by atoms with Gasteiger partial charge in [0.25, 0.3) is 5.91 Å². The van der Waals surface area contributed by atoms with E-state index < -0.39 is 28.8 Å². The maximum Gasteiger partial charge on any atom is 0.418 e. The number of aryl methyl sites for hydroxylation is 1. The van der Waals surface area contributed by atoms with Crippen molar-refractivity contribution in [2.45, 2.75) is 19.6 Å². The molecule has 0 radical (unpaired) electrons. The van der Waals surface area contributed by atoms with Crippen LogP contribution in [-0.4, -0.2) is 27.6 Å². The van der Waals surface area contributed by atoms with Gasteiger partial charge in [-0.15, -0.1) is 0 Å². The number of carbonyl (C=O) groups is 1. The number of carbonyl (C=O) groups excluding carboxylic acids is 1. The van der Waals surface area contributed by atoms with E-state index in [0.717, 1.165) is 22.4 Å². The quantitative estimate of drug-likeness (QED) is 0.607. The van der Waals surface area contributed by atoms with Crippen molar-refractivity contribution in [1.29, 1.82) is 0 Å². The second-order valence-electron chi connectivity index (χ2n) is 6.71. The van der Waals surface area contributed by atoms with Crippen molar-refractivity contribution in [3.63, 3.8) is 0 Å². The van der Waals surface area contributed by atoms with Crippen LogP contribution in [-0.2, 0) is 12.7 Å². The molecule has 1 aromatic heterocycles. The Balaban J connectivity index is 2.01. The Hall–Kier alpha value is -3.13. The number of amides is 1. The van der Waals surface area contributed by atoms with Gasteiger partial charge < -0.3 is 4.90 Å². The van der Waals surface area contributed by atoms with Crippen LogP contribution in [0.2, 0.25) is 5.02 Å². The summed E-state index contributed by atoms with van der Waals surface area (Å²) in [5, 5.41) is 4.53. The van der Waals surface area contributed by atoms with E-state index in [1.807, 2.05) is 0 Å². The summed E-state index contributed by atoms with van der Waals surface area (Å²) in [6.07, 6.45) is -4.62.